The van der Waals surface area contributed by atoms with E-state index in [0.29, 0.717) is 11.3 Å². The first-order valence-corrected chi connectivity index (χ1v) is 6.29. The number of nitrogens with one attached hydrogen (secondary N) is 1. The van der Waals surface area contributed by atoms with Crippen molar-refractivity contribution in [1.82, 2.24) is 5.32 Å². The van der Waals surface area contributed by atoms with Gasteiger partial charge in [-0.3, -0.25) is 4.79 Å². The van der Waals surface area contributed by atoms with E-state index in [4.69, 9.17) is 5.73 Å². The summed E-state index contributed by atoms with van der Waals surface area (Å²) in [5.74, 6) is 0.758. The largest absolute Gasteiger partial charge is 0.398 e. The molecule has 0 aromatic heterocycles. The molecule has 0 aliphatic heterocycles. The number of hydrogen-bond acceptors (Lipinski definition) is 2. The quantitative estimate of drug-likeness (QED) is 0.838. The van der Waals surface area contributed by atoms with E-state index in [1.165, 1.54) is 12.8 Å². The Morgan fingerprint density at radius 2 is 2.18 bits per heavy atom. The molecular weight excluding hydrogens is 304 g/mol. The van der Waals surface area contributed by atoms with Crippen LogP contribution < -0.4 is 11.1 Å². The Morgan fingerprint density at radius 3 is 2.76 bits per heavy atom. The number of halogens is 2. The lowest BCUT2D eigenvalue weighted by Gasteiger charge is -2.07. The fourth-order valence-electron chi connectivity index (χ4n) is 1.63. The van der Waals surface area contributed by atoms with E-state index in [9.17, 15) is 4.79 Å². The Bertz CT molecular complexity index is 407. The third-order valence-electron chi connectivity index (χ3n) is 2.79. The highest BCUT2D eigenvalue weighted by atomic mass is 79.9. The Morgan fingerprint density at radius 1 is 1.47 bits per heavy atom. The van der Waals surface area contributed by atoms with E-state index in [-0.39, 0.29) is 18.3 Å². The predicted molar refractivity (Wildman–Crippen MR) is 75.5 cm³/mol. The van der Waals surface area contributed by atoms with Crippen LogP contribution in [0.15, 0.2) is 22.7 Å². The molecule has 94 valence electrons. The number of anilines is 1. The van der Waals surface area contributed by atoms with Crippen LogP contribution in [0.3, 0.4) is 0 Å². The van der Waals surface area contributed by atoms with Crippen LogP contribution in [0.5, 0.6) is 0 Å². The molecule has 1 amide bonds. The van der Waals surface area contributed by atoms with E-state index < -0.39 is 0 Å². The lowest BCUT2D eigenvalue weighted by atomic mass is 10.1. The third-order valence-corrected chi connectivity index (χ3v) is 3.29. The molecule has 5 heteroatoms. The minimum atomic E-state index is -0.0781. The van der Waals surface area contributed by atoms with Crippen molar-refractivity contribution in [1.29, 1.82) is 0 Å². The van der Waals surface area contributed by atoms with Gasteiger partial charge in [-0.05, 0) is 30.5 Å². The molecule has 0 spiro atoms. The van der Waals surface area contributed by atoms with Crippen molar-refractivity contribution in [2.45, 2.75) is 19.3 Å². The van der Waals surface area contributed by atoms with Crippen LogP contribution in [-0.2, 0) is 0 Å². The second-order valence-corrected chi connectivity index (χ2v) is 5.14. The van der Waals surface area contributed by atoms with Crippen LogP contribution >= 0.6 is 28.3 Å². The second kappa shape index (κ2) is 6.26. The van der Waals surface area contributed by atoms with Gasteiger partial charge < -0.3 is 11.1 Å². The van der Waals surface area contributed by atoms with Crippen molar-refractivity contribution < 1.29 is 4.79 Å². The van der Waals surface area contributed by atoms with Crippen molar-refractivity contribution in [2.75, 3.05) is 12.3 Å². The van der Waals surface area contributed by atoms with Crippen LogP contribution in [0.1, 0.15) is 29.6 Å². The highest BCUT2D eigenvalue weighted by Gasteiger charge is 2.20. The predicted octanol–water partition coefficient (Wildman–Crippen LogP) is 2.98. The van der Waals surface area contributed by atoms with Crippen LogP contribution in [0.25, 0.3) is 0 Å². The molecule has 1 aliphatic rings. The molecule has 1 saturated carbocycles. The summed E-state index contributed by atoms with van der Waals surface area (Å²) >= 11 is 3.31. The van der Waals surface area contributed by atoms with E-state index in [2.05, 4.69) is 21.2 Å². The molecule has 1 aliphatic carbocycles. The highest BCUT2D eigenvalue weighted by molar-refractivity contribution is 9.10. The Hall–Kier alpha value is -0.740. The van der Waals surface area contributed by atoms with E-state index in [0.717, 1.165) is 23.4 Å². The number of nitrogen functional groups attached to an aromatic ring is 1. The summed E-state index contributed by atoms with van der Waals surface area (Å²) in [6, 6.07) is 5.31. The van der Waals surface area contributed by atoms with Gasteiger partial charge in [0.2, 0.25) is 0 Å². The molecule has 0 heterocycles. The van der Waals surface area contributed by atoms with Crippen molar-refractivity contribution in [3.8, 4) is 0 Å². The van der Waals surface area contributed by atoms with Crippen molar-refractivity contribution >= 4 is 39.9 Å². The van der Waals surface area contributed by atoms with E-state index >= 15 is 0 Å². The first kappa shape index (κ1) is 14.3. The fraction of sp³-hybridized carbons (Fsp3) is 0.417. The van der Waals surface area contributed by atoms with Crippen molar-refractivity contribution in [2.24, 2.45) is 5.92 Å². The van der Waals surface area contributed by atoms with Gasteiger partial charge in [-0.2, -0.15) is 0 Å². The highest BCUT2D eigenvalue weighted by Crippen LogP contribution is 2.31. The van der Waals surface area contributed by atoms with E-state index in [1.807, 2.05) is 6.07 Å². The lowest BCUT2D eigenvalue weighted by Crippen LogP contribution is -2.25. The summed E-state index contributed by atoms with van der Waals surface area (Å²) in [7, 11) is 0. The maximum Gasteiger partial charge on any atom is 0.253 e. The van der Waals surface area contributed by atoms with Gasteiger partial charge in [0.25, 0.3) is 5.91 Å². The fourth-order valence-corrected chi connectivity index (χ4v) is 2.01. The minimum absolute atomic E-state index is 0. The zero-order valence-corrected chi connectivity index (χ0v) is 11.8. The molecule has 2 rings (SSSR count). The number of benzene rings is 1. The third kappa shape index (κ3) is 4.21. The molecule has 0 bridgehead atoms. The number of amides is 1. The first-order chi connectivity index (χ1) is 7.66. The first-order valence-electron chi connectivity index (χ1n) is 5.50. The minimum Gasteiger partial charge on any atom is -0.398 e. The molecule has 1 fully saturated rings. The summed E-state index contributed by atoms with van der Waals surface area (Å²) in [4.78, 5) is 11.8. The molecule has 3 N–H and O–H groups in total. The molecule has 1 aromatic carbocycles. The van der Waals surface area contributed by atoms with E-state index in [1.54, 1.807) is 12.1 Å². The van der Waals surface area contributed by atoms with Crippen LogP contribution in [0, 0.1) is 5.92 Å². The smallest absolute Gasteiger partial charge is 0.253 e. The van der Waals surface area contributed by atoms with Gasteiger partial charge in [0.05, 0.1) is 5.56 Å². The average Bonchev–Trinajstić information content (AvgIpc) is 3.01. The molecule has 1 aromatic rings. The van der Waals surface area contributed by atoms with Gasteiger partial charge in [-0.1, -0.05) is 28.8 Å². The Kier molecular flexibility index (Phi) is 5.28. The summed E-state index contributed by atoms with van der Waals surface area (Å²) in [6.45, 7) is 0.749. The Labute approximate surface area is 116 Å². The van der Waals surface area contributed by atoms with Gasteiger partial charge >= 0.3 is 0 Å². The molecular formula is C12H16BrClN2O. The molecule has 3 nitrogen and oxygen atoms in total. The van der Waals surface area contributed by atoms with Crippen LogP contribution in [0.2, 0.25) is 0 Å². The maximum absolute atomic E-state index is 11.8. The second-order valence-electron chi connectivity index (χ2n) is 4.22. The average molecular weight is 320 g/mol. The molecule has 0 saturated heterocycles. The molecule has 0 radical (unpaired) electrons. The zero-order chi connectivity index (χ0) is 11.5. The maximum atomic E-state index is 11.8. The number of carbonyl (C=O) groups is 1. The zero-order valence-electron chi connectivity index (χ0n) is 9.41. The normalized spacial score (nSPS) is 13.9. The standard InChI is InChI=1S/C12H15BrN2O.ClH/c13-9-3-4-10(11(14)7-9)12(16)15-6-5-8-1-2-8;/h3-4,7-8H,1-2,5-6,14H2,(H,15,16);1H. The van der Waals surface area contributed by atoms with Gasteiger partial charge in [-0.25, -0.2) is 0 Å². The summed E-state index contributed by atoms with van der Waals surface area (Å²) in [5.41, 5.74) is 6.84. The van der Waals surface area contributed by atoms with Gasteiger partial charge in [0, 0.05) is 16.7 Å². The molecule has 0 atom stereocenters. The number of carbonyl (C=O) groups excluding carboxylic acids is 1. The summed E-state index contributed by atoms with van der Waals surface area (Å²) in [5, 5.41) is 2.90. The summed E-state index contributed by atoms with van der Waals surface area (Å²) < 4.78 is 0.888. The lowest BCUT2D eigenvalue weighted by molar-refractivity contribution is 0.0953. The SMILES string of the molecule is Cl.Nc1cc(Br)ccc1C(=O)NCCC1CC1. The molecule has 0 unspecified atom stereocenters. The topological polar surface area (TPSA) is 55.1 Å². The number of nitrogens with two attached hydrogens (primary N) is 1. The summed E-state index contributed by atoms with van der Waals surface area (Å²) in [6.07, 6.45) is 3.72. The van der Waals surface area contributed by atoms with Crippen molar-refractivity contribution in [3.63, 3.8) is 0 Å². The monoisotopic (exact) mass is 318 g/mol. The van der Waals surface area contributed by atoms with Crippen LogP contribution in [-0.4, -0.2) is 12.5 Å². The number of hydrogen-bond donors (Lipinski definition) is 2. The molecule has 17 heavy (non-hydrogen) atoms. The van der Waals surface area contributed by atoms with Gasteiger partial charge in [0.15, 0.2) is 0 Å². The Balaban J connectivity index is 0.00000144. The van der Waals surface area contributed by atoms with Gasteiger partial charge in [-0.15, -0.1) is 12.4 Å². The number of rotatable bonds is 4. The van der Waals surface area contributed by atoms with Crippen molar-refractivity contribution in [3.05, 3.63) is 28.2 Å². The van der Waals surface area contributed by atoms with Crippen LogP contribution in [0.4, 0.5) is 5.69 Å². The van der Waals surface area contributed by atoms with Gasteiger partial charge in [0.1, 0.15) is 0 Å².